The van der Waals surface area contributed by atoms with Gasteiger partial charge in [-0.2, -0.15) is 0 Å². The van der Waals surface area contributed by atoms with Crippen molar-refractivity contribution in [3.05, 3.63) is 51.0 Å². The zero-order valence-corrected chi connectivity index (χ0v) is 17.0. The van der Waals surface area contributed by atoms with Crippen molar-refractivity contribution in [2.45, 2.75) is 26.8 Å². The van der Waals surface area contributed by atoms with Gasteiger partial charge < -0.3 is 19.9 Å². The molecule has 0 bridgehead atoms. The zero-order valence-electron chi connectivity index (χ0n) is 14.6. The van der Waals surface area contributed by atoms with Crippen molar-refractivity contribution in [1.29, 1.82) is 0 Å². The van der Waals surface area contributed by atoms with E-state index in [4.69, 9.17) is 26.2 Å². The van der Waals surface area contributed by atoms with E-state index in [1.165, 1.54) is 12.1 Å². The Morgan fingerprint density at radius 1 is 1.19 bits per heavy atom. The SMILES string of the molecule is CCCOc1cc(Br)c(CNc2cc(C(=O)O)ccc2Cl)cc1OCC. The number of ether oxygens (including phenoxy) is 2. The van der Waals surface area contributed by atoms with Gasteiger partial charge in [-0.25, -0.2) is 4.79 Å². The number of aromatic carboxylic acids is 1. The first kappa shape index (κ1) is 20.4. The molecule has 0 saturated heterocycles. The molecular weight excluding hydrogens is 422 g/mol. The molecule has 2 aromatic rings. The van der Waals surface area contributed by atoms with Gasteiger partial charge in [-0.3, -0.25) is 0 Å². The molecule has 5 nitrogen and oxygen atoms in total. The lowest BCUT2D eigenvalue weighted by molar-refractivity contribution is 0.0697. The van der Waals surface area contributed by atoms with Gasteiger partial charge in [0.1, 0.15) is 0 Å². The average Bonchev–Trinajstić information content (AvgIpc) is 2.61. The normalized spacial score (nSPS) is 10.5. The number of hydrogen-bond acceptors (Lipinski definition) is 4. The molecular formula is C19H21BrClNO4. The van der Waals surface area contributed by atoms with Crippen LogP contribution in [0.1, 0.15) is 36.2 Å². The molecule has 0 atom stereocenters. The highest BCUT2D eigenvalue weighted by Crippen LogP contribution is 2.35. The van der Waals surface area contributed by atoms with E-state index in [0.29, 0.717) is 42.0 Å². The van der Waals surface area contributed by atoms with Crippen LogP contribution in [-0.2, 0) is 6.54 Å². The number of carboxylic acid groups (broad SMARTS) is 1. The third-order valence-corrected chi connectivity index (χ3v) is 4.62. The summed E-state index contributed by atoms with van der Waals surface area (Å²) in [5.74, 6) is 0.364. The van der Waals surface area contributed by atoms with Crippen molar-refractivity contribution in [3.8, 4) is 11.5 Å². The van der Waals surface area contributed by atoms with Crippen LogP contribution in [-0.4, -0.2) is 24.3 Å². The van der Waals surface area contributed by atoms with Crippen LogP contribution in [0.5, 0.6) is 11.5 Å². The van der Waals surface area contributed by atoms with E-state index in [-0.39, 0.29) is 5.56 Å². The summed E-state index contributed by atoms with van der Waals surface area (Å²) in [4.78, 5) is 11.1. The first-order valence-electron chi connectivity index (χ1n) is 8.31. The first-order chi connectivity index (χ1) is 12.5. The molecule has 0 spiro atoms. The first-order valence-corrected chi connectivity index (χ1v) is 9.48. The third kappa shape index (κ3) is 5.29. The van der Waals surface area contributed by atoms with E-state index < -0.39 is 5.97 Å². The molecule has 0 amide bonds. The topological polar surface area (TPSA) is 67.8 Å². The fraction of sp³-hybridized carbons (Fsp3) is 0.316. The number of carbonyl (C=O) groups is 1. The Kier molecular flexibility index (Phi) is 7.60. The molecule has 0 unspecified atom stereocenters. The number of hydrogen-bond donors (Lipinski definition) is 2. The van der Waals surface area contributed by atoms with Gasteiger partial charge in [0.05, 0.1) is 29.5 Å². The Labute approximate surface area is 166 Å². The summed E-state index contributed by atoms with van der Waals surface area (Å²) >= 11 is 9.71. The smallest absolute Gasteiger partial charge is 0.335 e. The van der Waals surface area contributed by atoms with Gasteiger partial charge in [0.15, 0.2) is 11.5 Å². The van der Waals surface area contributed by atoms with Gasteiger partial charge in [-0.15, -0.1) is 0 Å². The molecule has 0 aliphatic rings. The summed E-state index contributed by atoms with van der Waals surface area (Å²) in [6, 6.07) is 8.34. The number of rotatable bonds is 9. The fourth-order valence-corrected chi connectivity index (χ4v) is 2.94. The molecule has 0 fully saturated rings. The average molecular weight is 443 g/mol. The molecule has 7 heteroatoms. The van der Waals surface area contributed by atoms with Crippen molar-refractivity contribution in [3.63, 3.8) is 0 Å². The van der Waals surface area contributed by atoms with Crippen LogP contribution in [0.3, 0.4) is 0 Å². The van der Waals surface area contributed by atoms with Crippen LogP contribution in [0.4, 0.5) is 5.69 Å². The van der Waals surface area contributed by atoms with E-state index in [1.807, 2.05) is 26.0 Å². The summed E-state index contributed by atoms with van der Waals surface area (Å²) in [5, 5.41) is 12.8. The minimum absolute atomic E-state index is 0.175. The Hall–Kier alpha value is -1.92. The van der Waals surface area contributed by atoms with Crippen molar-refractivity contribution < 1.29 is 19.4 Å². The highest BCUT2D eigenvalue weighted by atomic mass is 79.9. The van der Waals surface area contributed by atoms with Crippen LogP contribution in [0.25, 0.3) is 0 Å². The molecule has 26 heavy (non-hydrogen) atoms. The van der Waals surface area contributed by atoms with Gasteiger partial charge >= 0.3 is 5.97 Å². The minimum atomic E-state index is -0.998. The Balaban J connectivity index is 2.22. The Morgan fingerprint density at radius 3 is 2.58 bits per heavy atom. The summed E-state index contributed by atoms with van der Waals surface area (Å²) in [7, 11) is 0. The third-order valence-electron chi connectivity index (χ3n) is 3.56. The second kappa shape index (κ2) is 9.69. The summed E-state index contributed by atoms with van der Waals surface area (Å²) in [6.45, 7) is 5.55. The minimum Gasteiger partial charge on any atom is -0.490 e. The van der Waals surface area contributed by atoms with Gasteiger partial charge in [0.25, 0.3) is 0 Å². The lowest BCUT2D eigenvalue weighted by atomic mass is 10.1. The van der Waals surface area contributed by atoms with Crippen LogP contribution in [0.15, 0.2) is 34.8 Å². The number of halogens is 2. The molecule has 2 N–H and O–H groups in total. The van der Waals surface area contributed by atoms with E-state index in [2.05, 4.69) is 21.2 Å². The van der Waals surface area contributed by atoms with Gasteiger partial charge in [0.2, 0.25) is 0 Å². The highest BCUT2D eigenvalue weighted by Gasteiger charge is 2.12. The summed E-state index contributed by atoms with van der Waals surface area (Å²) in [6.07, 6.45) is 0.908. The molecule has 0 aliphatic heterocycles. The maximum absolute atomic E-state index is 11.1. The van der Waals surface area contributed by atoms with Crippen molar-refractivity contribution in [1.82, 2.24) is 0 Å². The monoisotopic (exact) mass is 441 g/mol. The van der Waals surface area contributed by atoms with Crippen LogP contribution >= 0.6 is 27.5 Å². The Morgan fingerprint density at radius 2 is 1.92 bits per heavy atom. The molecule has 140 valence electrons. The summed E-state index contributed by atoms with van der Waals surface area (Å²) < 4.78 is 12.3. The second-order valence-electron chi connectivity index (χ2n) is 5.53. The molecule has 0 radical (unpaired) electrons. The Bertz CT molecular complexity index is 782. The maximum atomic E-state index is 11.1. The maximum Gasteiger partial charge on any atom is 0.335 e. The largest absolute Gasteiger partial charge is 0.490 e. The fourth-order valence-electron chi connectivity index (χ4n) is 2.29. The second-order valence-corrected chi connectivity index (χ2v) is 6.79. The molecule has 0 aliphatic carbocycles. The van der Waals surface area contributed by atoms with Crippen LogP contribution in [0.2, 0.25) is 5.02 Å². The van der Waals surface area contributed by atoms with E-state index >= 15 is 0 Å². The molecule has 0 aromatic heterocycles. The summed E-state index contributed by atoms with van der Waals surface area (Å²) in [5.41, 5.74) is 1.67. The molecule has 2 aromatic carbocycles. The van der Waals surface area contributed by atoms with E-state index in [1.54, 1.807) is 6.07 Å². The quantitative estimate of drug-likeness (QED) is 0.529. The van der Waals surface area contributed by atoms with Gasteiger partial charge in [-0.1, -0.05) is 34.5 Å². The molecule has 0 saturated carbocycles. The van der Waals surface area contributed by atoms with Gasteiger partial charge in [0, 0.05) is 11.0 Å². The van der Waals surface area contributed by atoms with Crippen LogP contribution in [0, 0.1) is 0 Å². The van der Waals surface area contributed by atoms with E-state index in [9.17, 15) is 4.79 Å². The standard InChI is InChI=1S/C19H21BrClNO4/c1-3-7-26-18-10-14(20)13(9-17(18)25-4-2)11-22-16-8-12(19(23)24)5-6-15(16)21/h5-6,8-10,22H,3-4,7,11H2,1-2H3,(H,23,24). The van der Waals surface area contributed by atoms with Crippen molar-refractivity contribution in [2.75, 3.05) is 18.5 Å². The van der Waals surface area contributed by atoms with Crippen molar-refractivity contribution >= 4 is 39.2 Å². The number of anilines is 1. The molecule has 2 rings (SSSR count). The lowest BCUT2D eigenvalue weighted by Gasteiger charge is -2.16. The van der Waals surface area contributed by atoms with Crippen LogP contribution < -0.4 is 14.8 Å². The predicted molar refractivity (Wildman–Crippen MR) is 107 cm³/mol. The number of carboxylic acids is 1. The number of nitrogens with one attached hydrogen (secondary N) is 1. The van der Waals surface area contributed by atoms with Gasteiger partial charge in [-0.05, 0) is 49.2 Å². The lowest BCUT2D eigenvalue weighted by Crippen LogP contribution is -2.05. The molecule has 0 heterocycles. The van der Waals surface area contributed by atoms with Crippen molar-refractivity contribution in [2.24, 2.45) is 0 Å². The predicted octanol–water partition coefficient (Wildman–Crippen LogP) is 5.60. The zero-order chi connectivity index (χ0) is 19.1. The highest BCUT2D eigenvalue weighted by molar-refractivity contribution is 9.10. The van der Waals surface area contributed by atoms with E-state index in [0.717, 1.165) is 16.5 Å². The number of benzene rings is 2.